The molecule has 0 bridgehead atoms. The molecule has 1 amide bonds. The maximum atomic E-state index is 12.2. The van der Waals surface area contributed by atoms with Crippen LogP contribution in [-0.4, -0.2) is 48.6 Å². The smallest absolute Gasteiger partial charge is 0.226 e. The number of hydrogen-bond donors (Lipinski definition) is 1. The molecule has 2 heterocycles. The minimum atomic E-state index is 0.0480. The Morgan fingerprint density at radius 1 is 1.30 bits per heavy atom. The van der Waals surface area contributed by atoms with Gasteiger partial charge in [-0.05, 0) is 63.0 Å². The lowest BCUT2D eigenvalue weighted by molar-refractivity contribution is -0.120. The van der Waals surface area contributed by atoms with E-state index in [0.29, 0.717) is 18.9 Å². The highest BCUT2D eigenvalue weighted by atomic mass is 32.1. The third-order valence-corrected chi connectivity index (χ3v) is 5.66. The summed E-state index contributed by atoms with van der Waals surface area (Å²) in [6.07, 6.45) is 2.95. The molecule has 1 unspecified atom stereocenters. The molecule has 1 N–H and O–H groups in total. The van der Waals surface area contributed by atoms with Gasteiger partial charge in [0.2, 0.25) is 5.91 Å². The predicted octanol–water partition coefficient (Wildman–Crippen LogP) is 3.60. The Morgan fingerprint density at radius 3 is 2.74 bits per heavy atom. The summed E-state index contributed by atoms with van der Waals surface area (Å²) in [5, 5.41) is 5.96. The summed E-state index contributed by atoms with van der Waals surface area (Å²) in [4.78, 5) is 19.3. The number of benzene rings is 1. The fraction of sp³-hybridized carbons (Fsp3) is 0.524. The lowest BCUT2D eigenvalue weighted by Crippen LogP contribution is -2.35. The van der Waals surface area contributed by atoms with E-state index in [1.165, 1.54) is 25.9 Å². The van der Waals surface area contributed by atoms with E-state index in [4.69, 9.17) is 4.74 Å². The molecule has 1 fully saturated rings. The average Bonchev–Trinajstić information content (AvgIpc) is 3.33. The first kappa shape index (κ1) is 19.8. The molecule has 6 heteroatoms. The SMILES string of the molecule is CCOc1ccc(-c2nc(CC(=O)NCC(C)CN3CCCC3)cs2)cc1. The number of nitrogens with one attached hydrogen (secondary N) is 1. The molecule has 27 heavy (non-hydrogen) atoms. The molecule has 1 aromatic heterocycles. The quantitative estimate of drug-likeness (QED) is 0.714. The second-order valence-corrected chi connectivity index (χ2v) is 8.05. The Hall–Kier alpha value is -1.92. The predicted molar refractivity (Wildman–Crippen MR) is 110 cm³/mol. The molecule has 146 valence electrons. The van der Waals surface area contributed by atoms with Crippen LogP contribution in [0.2, 0.25) is 0 Å². The zero-order valence-electron chi connectivity index (χ0n) is 16.2. The van der Waals surface area contributed by atoms with Crippen molar-refractivity contribution < 1.29 is 9.53 Å². The van der Waals surface area contributed by atoms with Gasteiger partial charge in [-0.15, -0.1) is 11.3 Å². The van der Waals surface area contributed by atoms with Crippen LogP contribution in [0.5, 0.6) is 5.75 Å². The topological polar surface area (TPSA) is 54.5 Å². The van der Waals surface area contributed by atoms with E-state index < -0.39 is 0 Å². The highest BCUT2D eigenvalue weighted by Gasteiger charge is 2.15. The second kappa shape index (κ2) is 9.85. The van der Waals surface area contributed by atoms with E-state index in [1.807, 2.05) is 36.6 Å². The maximum Gasteiger partial charge on any atom is 0.226 e. The molecule has 2 aromatic rings. The van der Waals surface area contributed by atoms with E-state index in [2.05, 4.69) is 22.1 Å². The zero-order valence-corrected chi connectivity index (χ0v) is 17.1. The normalized spacial score (nSPS) is 15.6. The van der Waals surface area contributed by atoms with Crippen LogP contribution >= 0.6 is 11.3 Å². The summed E-state index contributed by atoms with van der Waals surface area (Å²) >= 11 is 1.57. The van der Waals surface area contributed by atoms with E-state index in [-0.39, 0.29) is 5.91 Å². The molecule has 5 nitrogen and oxygen atoms in total. The van der Waals surface area contributed by atoms with Gasteiger partial charge in [-0.2, -0.15) is 0 Å². The molecule has 1 saturated heterocycles. The molecule has 3 rings (SSSR count). The van der Waals surface area contributed by atoms with Crippen molar-refractivity contribution in [2.24, 2.45) is 5.92 Å². The van der Waals surface area contributed by atoms with Crippen LogP contribution in [0.3, 0.4) is 0 Å². The second-order valence-electron chi connectivity index (χ2n) is 7.20. The van der Waals surface area contributed by atoms with Crippen molar-refractivity contribution >= 4 is 17.2 Å². The van der Waals surface area contributed by atoms with Gasteiger partial charge < -0.3 is 15.0 Å². The van der Waals surface area contributed by atoms with Crippen LogP contribution in [-0.2, 0) is 11.2 Å². The fourth-order valence-corrected chi connectivity index (χ4v) is 4.19. The van der Waals surface area contributed by atoms with Crippen molar-refractivity contribution in [2.45, 2.75) is 33.1 Å². The van der Waals surface area contributed by atoms with Crippen LogP contribution in [0.25, 0.3) is 10.6 Å². The number of nitrogens with zero attached hydrogens (tertiary/aromatic N) is 2. The van der Waals surface area contributed by atoms with Crippen molar-refractivity contribution in [3.05, 3.63) is 35.3 Å². The zero-order chi connectivity index (χ0) is 19.1. The Labute approximate surface area is 165 Å². The number of rotatable bonds is 9. The third-order valence-electron chi connectivity index (χ3n) is 4.72. The van der Waals surface area contributed by atoms with Gasteiger partial charge in [-0.3, -0.25) is 4.79 Å². The van der Waals surface area contributed by atoms with Crippen LogP contribution < -0.4 is 10.1 Å². The lowest BCUT2D eigenvalue weighted by atomic mass is 10.1. The molecule has 1 aliphatic heterocycles. The molecule has 0 radical (unpaired) electrons. The van der Waals surface area contributed by atoms with Crippen molar-refractivity contribution in [2.75, 3.05) is 32.8 Å². The standard InChI is InChI=1S/C21H29N3O2S/c1-3-26-19-8-6-17(7-9-19)21-23-18(15-27-21)12-20(25)22-13-16(2)14-24-10-4-5-11-24/h6-9,15-16H,3-5,10-14H2,1-2H3,(H,22,25). The van der Waals surface area contributed by atoms with Crippen molar-refractivity contribution in [1.82, 2.24) is 15.2 Å². The Bertz CT molecular complexity index is 723. The van der Waals surface area contributed by atoms with Crippen LogP contribution in [0.15, 0.2) is 29.6 Å². The van der Waals surface area contributed by atoms with Gasteiger partial charge in [0.15, 0.2) is 0 Å². The first-order valence-corrected chi connectivity index (χ1v) is 10.7. The van der Waals surface area contributed by atoms with Gasteiger partial charge in [-0.1, -0.05) is 6.92 Å². The summed E-state index contributed by atoms with van der Waals surface area (Å²) in [7, 11) is 0. The number of aromatic nitrogens is 1. The Balaban J connectivity index is 1.45. The largest absolute Gasteiger partial charge is 0.494 e. The molecule has 0 saturated carbocycles. The Morgan fingerprint density at radius 2 is 2.04 bits per heavy atom. The van der Waals surface area contributed by atoms with Crippen LogP contribution in [0.4, 0.5) is 0 Å². The summed E-state index contributed by atoms with van der Waals surface area (Å²) in [6, 6.07) is 7.92. The molecule has 0 aliphatic carbocycles. The molecule has 0 spiro atoms. The van der Waals surface area contributed by atoms with Crippen molar-refractivity contribution in [3.8, 4) is 16.3 Å². The van der Waals surface area contributed by atoms with Crippen LogP contribution in [0, 0.1) is 5.92 Å². The van der Waals surface area contributed by atoms with Crippen molar-refractivity contribution in [1.29, 1.82) is 0 Å². The first-order valence-electron chi connectivity index (χ1n) is 9.80. The average molecular weight is 388 g/mol. The number of carbonyl (C=O) groups excluding carboxylic acids is 1. The van der Waals surface area contributed by atoms with E-state index >= 15 is 0 Å². The third kappa shape index (κ3) is 6.04. The molecular formula is C21H29N3O2S. The number of ether oxygens (including phenoxy) is 1. The minimum absolute atomic E-state index is 0.0480. The van der Waals surface area contributed by atoms with E-state index in [0.717, 1.165) is 35.1 Å². The number of likely N-dealkylation sites (tertiary alicyclic amines) is 1. The van der Waals surface area contributed by atoms with E-state index in [1.54, 1.807) is 11.3 Å². The summed E-state index contributed by atoms with van der Waals surface area (Å²) in [5.74, 6) is 1.38. The highest BCUT2D eigenvalue weighted by Crippen LogP contribution is 2.26. The summed E-state index contributed by atoms with van der Waals surface area (Å²) in [6.45, 7) is 9.03. The minimum Gasteiger partial charge on any atom is -0.494 e. The van der Waals surface area contributed by atoms with E-state index in [9.17, 15) is 4.79 Å². The fourth-order valence-electron chi connectivity index (χ4n) is 3.37. The molecule has 1 atom stereocenters. The van der Waals surface area contributed by atoms with Gasteiger partial charge in [0.05, 0.1) is 18.7 Å². The van der Waals surface area contributed by atoms with Crippen LogP contribution in [0.1, 0.15) is 32.4 Å². The molecule has 1 aliphatic rings. The van der Waals surface area contributed by atoms with Gasteiger partial charge in [-0.25, -0.2) is 4.98 Å². The van der Waals surface area contributed by atoms with Gasteiger partial charge in [0, 0.05) is 24.0 Å². The number of amides is 1. The number of hydrogen-bond acceptors (Lipinski definition) is 5. The van der Waals surface area contributed by atoms with Gasteiger partial charge >= 0.3 is 0 Å². The number of thiazole rings is 1. The van der Waals surface area contributed by atoms with Crippen molar-refractivity contribution in [3.63, 3.8) is 0 Å². The van der Waals surface area contributed by atoms with Gasteiger partial charge in [0.25, 0.3) is 0 Å². The maximum absolute atomic E-state index is 12.2. The molecule has 1 aromatic carbocycles. The highest BCUT2D eigenvalue weighted by molar-refractivity contribution is 7.13. The Kier molecular flexibility index (Phi) is 7.24. The summed E-state index contributed by atoms with van der Waals surface area (Å²) < 4.78 is 5.47. The summed E-state index contributed by atoms with van der Waals surface area (Å²) in [5.41, 5.74) is 1.88. The number of carbonyl (C=O) groups is 1. The van der Waals surface area contributed by atoms with Gasteiger partial charge in [0.1, 0.15) is 10.8 Å². The lowest BCUT2D eigenvalue weighted by Gasteiger charge is -2.20. The monoisotopic (exact) mass is 387 g/mol. The first-order chi connectivity index (χ1) is 13.1. The molecular weight excluding hydrogens is 358 g/mol.